The van der Waals surface area contributed by atoms with Gasteiger partial charge in [-0.2, -0.15) is 0 Å². The van der Waals surface area contributed by atoms with Gasteiger partial charge in [-0.05, 0) is 36.4 Å². The van der Waals surface area contributed by atoms with Gasteiger partial charge in [-0.15, -0.1) is 0 Å². The fourth-order valence-electron chi connectivity index (χ4n) is 5.04. The maximum Gasteiger partial charge on any atom is 0.0964 e. The number of aromatic nitrogens is 6. The normalized spacial score (nSPS) is 10.9. The van der Waals surface area contributed by atoms with E-state index in [9.17, 15) is 0 Å². The first-order chi connectivity index (χ1) is 20.8. The van der Waals surface area contributed by atoms with Crippen LogP contribution >= 0.6 is 0 Å². The number of hydrogen-bond donors (Lipinski definition) is 0. The highest BCUT2D eigenvalue weighted by Crippen LogP contribution is 2.22. The zero-order valence-corrected chi connectivity index (χ0v) is 22.5. The van der Waals surface area contributed by atoms with Crippen LogP contribution in [0.4, 0.5) is 0 Å². The summed E-state index contributed by atoms with van der Waals surface area (Å²) in [6.07, 6.45) is 10.8. The minimum absolute atomic E-state index is 0.977. The molecule has 6 heteroatoms. The van der Waals surface area contributed by atoms with Gasteiger partial charge in [0.15, 0.2) is 0 Å². The zero-order chi connectivity index (χ0) is 28.1. The minimum Gasteiger partial charge on any atom is -0.254 e. The second kappa shape index (κ2) is 11.3. The quantitative estimate of drug-likeness (QED) is 0.180. The van der Waals surface area contributed by atoms with Gasteiger partial charge in [0, 0.05) is 69.5 Å². The molecule has 42 heavy (non-hydrogen) atoms. The highest BCUT2D eigenvalue weighted by atomic mass is 14.7. The fourth-order valence-corrected chi connectivity index (χ4v) is 5.04. The fraction of sp³-hybridized carbons (Fsp3) is 0. The van der Waals surface area contributed by atoms with Crippen molar-refractivity contribution in [2.24, 2.45) is 0 Å². The van der Waals surface area contributed by atoms with Crippen molar-refractivity contribution in [3.8, 4) is 0 Å². The Morgan fingerprint density at radius 2 is 0.381 bits per heavy atom. The van der Waals surface area contributed by atoms with E-state index in [1.807, 2.05) is 36.4 Å². The molecule has 9 rings (SSSR count). The molecule has 0 aliphatic rings. The molecule has 0 amide bonds. The smallest absolute Gasteiger partial charge is 0.0964 e. The number of fused-ring (bicyclic) bond motifs is 9. The van der Waals surface area contributed by atoms with Gasteiger partial charge < -0.3 is 0 Å². The Morgan fingerprint density at radius 3 is 0.548 bits per heavy atom. The van der Waals surface area contributed by atoms with Crippen LogP contribution in [0.25, 0.3) is 65.4 Å². The second-order valence-corrected chi connectivity index (χ2v) is 9.65. The molecular formula is C36H24N6. The molecule has 9 aromatic rings. The molecule has 0 radical (unpaired) electrons. The van der Waals surface area contributed by atoms with Crippen LogP contribution in [0.2, 0.25) is 0 Å². The molecule has 6 aromatic heterocycles. The summed E-state index contributed by atoms with van der Waals surface area (Å²) in [5, 5.41) is 6.83. The van der Waals surface area contributed by atoms with E-state index < -0.39 is 0 Å². The molecule has 0 saturated heterocycles. The molecule has 0 aliphatic carbocycles. The number of rotatable bonds is 0. The molecule has 6 nitrogen and oxygen atoms in total. The lowest BCUT2D eigenvalue weighted by atomic mass is 10.1. The van der Waals surface area contributed by atoms with Crippen molar-refractivity contribution >= 4 is 65.4 Å². The van der Waals surface area contributed by atoms with Crippen LogP contribution in [0.3, 0.4) is 0 Å². The number of nitrogens with zero attached hydrogens (tertiary/aromatic N) is 6. The van der Waals surface area contributed by atoms with Crippen molar-refractivity contribution in [1.29, 1.82) is 0 Å². The summed E-state index contributed by atoms with van der Waals surface area (Å²) in [5.41, 5.74) is 5.86. The molecule has 198 valence electrons. The maximum absolute atomic E-state index is 4.35. The van der Waals surface area contributed by atoms with Crippen molar-refractivity contribution in [3.63, 3.8) is 0 Å². The van der Waals surface area contributed by atoms with Crippen LogP contribution in [-0.2, 0) is 0 Å². The third kappa shape index (κ3) is 4.93. The van der Waals surface area contributed by atoms with Crippen LogP contribution in [0.15, 0.2) is 146 Å². The maximum atomic E-state index is 4.35. The van der Waals surface area contributed by atoms with E-state index in [0.29, 0.717) is 0 Å². The van der Waals surface area contributed by atoms with E-state index in [1.54, 1.807) is 37.2 Å². The van der Waals surface area contributed by atoms with E-state index in [0.717, 1.165) is 65.4 Å². The van der Waals surface area contributed by atoms with E-state index in [1.165, 1.54) is 0 Å². The van der Waals surface area contributed by atoms with Crippen LogP contribution in [-0.4, -0.2) is 29.9 Å². The van der Waals surface area contributed by atoms with Gasteiger partial charge in [0.05, 0.1) is 33.1 Å². The Balaban J connectivity index is 0.000000103. The third-order valence-corrected chi connectivity index (χ3v) is 7.03. The van der Waals surface area contributed by atoms with Gasteiger partial charge in [-0.25, -0.2) is 0 Å². The van der Waals surface area contributed by atoms with Gasteiger partial charge >= 0.3 is 0 Å². The summed E-state index contributed by atoms with van der Waals surface area (Å²) in [6.45, 7) is 0. The van der Waals surface area contributed by atoms with Gasteiger partial charge in [-0.3, -0.25) is 29.9 Å². The Hall–Kier alpha value is -5.88. The minimum atomic E-state index is 0.977. The number of pyridine rings is 6. The lowest BCUT2D eigenvalue weighted by molar-refractivity contribution is 1.37. The van der Waals surface area contributed by atoms with Crippen molar-refractivity contribution < 1.29 is 0 Å². The molecule has 0 N–H and O–H groups in total. The molecular weight excluding hydrogens is 516 g/mol. The van der Waals surface area contributed by atoms with Crippen LogP contribution in [0, 0.1) is 0 Å². The van der Waals surface area contributed by atoms with Crippen molar-refractivity contribution in [2.45, 2.75) is 0 Å². The number of benzene rings is 3. The van der Waals surface area contributed by atoms with Crippen LogP contribution < -0.4 is 0 Å². The first kappa shape index (κ1) is 25.1. The van der Waals surface area contributed by atoms with Gasteiger partial charge in [0.25, 0.3) is 0 Å². The van der Waals surface area contributed by atoms with Crippen LogP contribution in [0.1, 0.15) is 0 Å². The second-order valence-electron chi connectivity index (χ2n) is 9.65. The molecule has 0 spiro atoms. The third-order valence-electron chi connectivity index (χ3n) is 7.03. The zero-order valence-electron chi connectivity index (χ0n) is 22.5. The molecule has 0 fully saturated rings. The van der Waals surface area contributed by atoms with Gasteiger partial charge in [-0.1, -0.05) is 72.8 Å². The lowest BCUT2D eigenvalue weighted by Crippen LogP contribution is -1.83. The molecule has 0 bridgehead atoms. The summed E-state index contributed by atoms with van der Waals surface area (Å²) >= 11 is 0. The average molecular weight is 541 g/mol. The van der Waals surface area contributed by atoms with E-state index in [4.69, 9.17) is 0 Å². The monoisotopic (exact) mass is 540 g/mol. The Bertz CT molecular complexity index is 1910. The molecule has 0 aliphatic heterocycles. The summed E-state index contributed by atoms with van der Waals surface area (Å²) in [5.74, 6) is 0. The first-order valence-electron chi connectivity index (χ1n) is 13.6. The van der Waals surface area contributed by atoms with E-state index >= 15 is 0 Å². The summed E-state index contributed by atoms with van der Waals surface area (Å²) < 4.78 is 0. The average Bonchev–Trinajstić information content (AvgIpc) is 3.09. The highest BCUT2D eigenvalue weighted by molar-refractivity contribution is 6.04. The van der Waals surface area contributed by atoms with E-state index in [2.05, 4.69) is 103 Å². The van der Waals surface area contributed by atoms with E-state index in [-0.39, 0.29) is 0 Å². The predicted octanol–water partition coefficient (Wildman–Crippen LogP) is 8.35. The lowest BCUT2D eigenvalue weighted by Gasteiger charge is -2.00. The molecule has 3 aromatic carbocycles. The Kier molecular flexibility index (Phi) is 6.76. The summed E-state index contributed by atoms with van der Waals surface area (Å²) in [6, 6.07) is 36.4. The standard InChI is InChI=1S/3C12H8N2/c3*1-3-9-5-6-10-4-2-8-14-12(10)11(9)13-7-1/h3*1-8H. The topological polar surface area (TPSA) is 77.3 Å². The molecule has 0 atom stereocenters. The molecule has 6 heterocycles. The van der Waals surface area contributed by atoms with Crippen LogP contribution in [0.5, 0.6) is 0 Å². The molecule has 0 saturated carbocycles. The molecule has 0 unspecified atom stereocenters. The summed E-state index contributed by atoms with van der Waals surface area (Å²) in [4.78, 5) is 26.1. The van der Waals surface area contributed by atoms with Gasteiger partial charge in [0.2, 0.25) is 0 Å². The highest BCUT2D eigenvalue weighted by Gasteiger charge is 2.02. The Morgan fingerprint density at radius 1 is 0.214 bits per heavy atom. The number of hydrogen-bond acceptors (Lipinski definition) is 6. The van der Waals surface area contributed by atoms with Crippen molar-refractivity contribution in [1.82, 2.24) is 29.9 Å². The first-order valence-corrected chi connectivity index (χ1v) is 13.6. The Labute approximate surface area is 241 Å². The SMILES string of the molecule is c1cnc2c(c1)ccc1cccnc12.c1cnc2c(c1)ccc1cccnc12.c1cnc2c(c1)ccc1cccnc12. The summed E-state index contributed by atoms with van der Waals surface area (Å²) in [7, 11) is 0. The van der Waals surface area contributed by atoms with Gasteiger partial charge in [0.1, 0.15) is 0 Å². The van der Waals surface area contributed by atoms with Crippen molar-refractivity contribution in [3.05, 3.63) is 146 Å². The largest absolute Gasteiger partial charge is 0.254 e. The van der Waals surface area contributed by atoms with Crippen molar-refractivity contribution in [2.75, 3.05) is 0 Å². The predicted molar refractivity (Wildman–Crippen MR) is 171 cm³/mol.